The standard InChI is InChI=1S/C14H11N5O5/c20-13(21)14(10-6-15-17-23-10)8-22-19(11-7-16-18-24-11)12(14)9-4-2-1-3-5-9/h1-7,12H,8H2,(H,20,21). The number of anilines is 1. The van der Waals surface area contributed by atoms with Gasteiger partial charge in [-0.25, -0.2) is 5.06 Å². The molecule has 0 amide bonds. The van der Waals surface area contributed by atoms with Crippen LogP contribution in [-0.2, 0) is 15.0 Å². The van der Waals surface area contributed by atoms with Gasteiger partial charge in [0.1, 0.15) is 18.8 Å². The van der Waals surface area contributed by atoms with Gasteiger partial charge in [0.15, 0.2) is 11.2 Å². The fourth-order valence-corrected chi connectivity index (χ4v) is 2.88. The van der Waals surface area contributed by atoms with E-state index in [9.17, 15) is 9.90 Å². The van der Waals surface area contributed by atoms with Crippen LogP contribution in [0.25, 0.3) is 0 Å². The number of hydrogen-bond donors (Lipinski definition) is 1. The van der Waals surface area contributed by atoms with Crippen molar-refractivity contribution in [3.8, 4) is 0 Å². The Morgan fingerprint density at radius 1 is 1.17 bits per heavy atom. The Balaban J connectivity index is 1.91. The van der Waals surface area contributed by atoms with E-state index in [1.165, 1.54) is 17.5 Å². The number of benzene rings is 1. The highest BCUT2D eigenvalue weighted by molar-refractivity contribution is 5.83. The smallest absolute Gasteiger partial charge is 0.322 e. The number of aromatic nitrogens is 4. The minimum atomic E-state index is -1.56. The molecule has 0 bridgehead atoms. The minimum Gasteiger partial charge on any atom is -0.480 e. The van der Waals surface area contributed by atoms with Gasteiger partial charge in [0, 0.05) is 10.5 Å². The van der Waals surface area contributed by atoms with Gasteiger partial charge in [0.05, 0.1) is 6.20 Å². The van der Waals surface area contributed by atoms with Crippen LogP contribution in [-0.4, -0.2) is 38.4 Å². The maximum absolute atomic E-state index is 12.2. The largest absolute Gasteiger partial charge is 0.480 e. The van der Waals surface area contributed by atoms with Crippen LogP contribution >= 0.6 is 0 Å². The Labute approximate surface area is 134 Å². The molecular formula is C14H11N5O5. The van der Waals surface area contributed by atoms with Crippen LogP contribution in [0.3, 0.4) is 0 Å². The number of nitrogens with zero attached hydrogens (tertiary/aromatic N) is 5. The van der Waals surface area contributed by atoms with Crippen LogP contribution in [0.15, 0.2) is 51.8 Å². The summed E-state index contributed by atoms with van der Waals surface area (Å²) in [7, 11) is 0. The number of hydroxylamine groups is 1. The molecule has 2 aromatic heterocycles. The van der Waals surface area contributed by atoms with Gasteiger partial charge in [0.2, 0.25) is 0 Å². The van der Waals surface area contributed by atoms with Crippen LogP contribution in [0.2, 0.25) is 0 Å². The molecule has 10 nitrogen and oxygen atoms in total. The molecule has 3 aromatic rings. The molecule has 0 spiro atoms. The summed E-state index contributed by atoms with van der Waals surface area (Å²) in [6.45, 7) is -0.195. The molecule has 1 fully saturated rings. The molecule has 0 aliphatic carbocycles. The van der Waals surface area contributed by atoms with Crippen molar-refractivity contribution in [1.29, 1.82) is 0 Å². The Bertz CT molecular complexity index is 823. The fraction of sp³-hybridized carbons (Fsp3) is 0.214. The van der Waals surface area contributed by atoms with E-state index >= 15 is 0 Å². The van der Waals surface area contributed by atoms with Crippen molar-refractivity contribution in [1.82, 2.24) is 20.7 Å². The summed E-state index contributed by atoms with van der Waals surface area (Å²) in [6.07, 6.45) is 2.61. The summed E-state index contributed by atoms with van der Waals surface area (Å²) in [6, 6.07) is 8.22. The number of carboxylic acids is 1. The van der Waals surface area contributed by atoms with E-state index in [1.807, 2.05) is 6.07 Å². The van der Waals surface area contributed by atoms with Crippen molar-refractivity contribution in [2.45, 2.75) is 11.5 Å². The zero-order chi connectivity index (χ0) is 16.6. The first-order chi connectivity index (χ1) is 11.7. The van der Waals surface area contributed by atoms with Gasteiger partial charge in [-0.15, -0.1) is 10.2 Å². The van der Waals surface area contributed by atoms with Crippen molar-refractivity contribution in [3.63, 3.8) is 0 Å². The van der Waals surface area contributed by atoms with E-state index in [0.717, 1.165) is 0 Å². The summed E-state index contributed by atoms with van der Waals surface area (Å²) in [5, 5.41) is 25.4. The molecule has 1 aromatic carbocycles. The summed E-state index contributed by atoms with van der Waals surface area (Å²) < 4.78 is 10.1. The molecule has 2 unspecified atom stereocenters. The molecule has 1 saturated heterocycles. The van der Waals surface area contributed by atoms with Crippen molar-refractivity contribution in [2.24, 2.45) is 0 Å². The topological polar surface area (TPSA) is 128 Å². The molecule has 122 valence electrons. The van der Waals surface area contributed by atoms with Gasteiger partial charge in [0.25, 0.3) is 5.88 Å². The second-order valence-electron chi connectivity index (χ2n) is 5.23. The summed E-state index contributed by atoms with van der Waals surface area (Å²) >= 11 is 0. The monoisotopic (exact) mass is 329 g/mol. The summed E-state index contributed by atoms with van der Waals surface area (Å²) in [4.78, 5) is 17.9. The third-order valence-electron chi connectivity index (χ3n) is 4.00. The van der Waals surface area contributed by atoms with Crippen molar-refractivity contribution in [3.05, 3.63) is 54.0 Å². The highest BCUT2D eigenvalue weighted by Gasteiger charge is 2.60. The Morgan fingerprint density at radius 2 is 1.92 bits per heavy atom. The minimum absolute atomic E-state index is 0.0822. The lowest BCUT2D eigenvalue weighted by Crippen LogP contribution is -2.43. The normalized spacial score (nSPS) is 23.5. The highest BCUT2D eigenvalue weighted by Crippen LogP contribution is 2.48. The summed E-state index contributed by atoms with van der Waals surface area (Å²) in [5.74, 6) is -0.872. The molecule has 2 atom stereocenters. The van der Waals surface area contributed by atoms with Crippen LogP contribution in [0.1, 0.15) is 17.4 Å². The predicted octanol–water partition coefficient (Wildman–Crippen LogP) is 0.968. The van der Waals surface area contributed by atoms with Crippen molar-refractivity contribution >= 4 is 11.9 Å². The Hall–Kier alpha value is -3.27. The lowest BCUT2D eigenvalue weighted by Gasteiger charge is -2.29. The molecule has 1 aliphatic rings. The van der Waals surface area contributed by atoms with Gasteiger partial charge in [-0.2, -0.15) is 0 Å². The van der Waals surface area contributed by atoms with Gasteiger partial charge in [-0.05, 0) is 5.56 Å². The van der Waals surface area contributed by atoms with Crippen LogP contribution in [0.5, 0.6) is 0 Å². The molecule has 4 rings (SSSR count). The molecule has 0 radical (unpaired) electrons. The number of hydrogen-bond acceptors (Lipinski definition) is 9. The van der Waals surface area contributed by atoms with E-state index in [2.05, 4.69) is 20.7 Å². The molecule has 1 aliphatic heterocycles. The second-order valence-corrected chi connectivity index (χ2v) is 5.23. The Morgan fingerprint density at radius 3 is 2.54 bits per heavy atom. The number of carbonyl (C=O) groups is 1. The zero-order valence-corrected chi connectivity index (χ0v) is 12.1. The van der Waals surface area contributed by atoms with Crippen LogP contribution in [0.4, 0.5) is 5.88 Å². The molecule has 3 heterocycles. The molecule has 1 N–H and O–H groups in total. The molecule has 24 heavy (non-hydrogen) atoms. The van der Waals surface area contributed by atoms with E-state index in [4.69, 9.17) is 13.9 Å². The zero-order valence-electron chi connectivity index (χ0n) is 12.1. The van der Waals surface area contributed by atoms with Gasteiger partial charge < -0.3 is 14.2 Å². The number of carboxylic acid groups (broad SMARTS) is 1. The summed E-state index contributed by atoms with van der Waals surface area (Å²) in [5.41, 5.74) is -0.873. The average molecular weight is 329 g/mol. The SMILES string of the molecule is O=C(O)C1(c2cnno2)CON(c2cnno2)C1c1ccccc1. The van der Waals surface area contributed by atoms with Crippen LogP contribution < -0.4 is 5.06 Å². The fourth-order valence-electron chi connectivity index (χ4n) is 2.88. The van der Waals surface area contributed by atoms with Gasteiger partial charge in [-0.1, -0.05) is 30.3 Å². The molecular weight excluding hydrogens is 318 g/mol. The lowest BCUT2D eigenvalue weighted by atomic mass is 9.76. The maximum Gasteiger partial charge on any atom is 0.322 e. The predicted molar refractivity (Wildman–Crippen MR) is 75.5 cm³/mol. The van der Waals surface area contributed by atoms with Crippen molar-refractivity contribution < 1.29 is 23.8 Å². The number of aliphatic carboxylic acids is 1. The lowest BCUT2D eigenvalue weighted by molar-refractivity contribution is -0.145. The highest BCUT2D eigenvalue weighted by atomic mass is 16.7. The quantitative estimate of drug-likeness (QED) is 0.739. The third-order valence-corrected chi connectivity index (χ3v) is 4.00. The maximum atomic E-state index is 12.2. The van der Waals surface area contributed by atoms with Crippen LogP contribution in [0, 0.1) is 0 Å². The average Bonchev–Trinajstić information content (AvgIpc) is 3.34. The first kappa shape index (κ1) is 14.3. The third kappa shape index (κ3) is 1.97. The Kier molecular flexibility index (Phi) is 3.24. The van der Waals surface area contributed by atoms with Gasteiger partial charge in [-0.3, -0.25) is 9.63 Å². The first-order valence-corrected chi connectivity index (χ1v) is 6.99. The van der Waals surface area contributed by atoms with E-state index in [0.29, 0.717) is 5.56 Å². The first-order valence-electron chi connectivity index (χ1n) is 6.99. The molecule has 10 heteroatoms. The number of rotatable bonds is 4. The van der Waals surface area contributed by atoms with E-state index in [1.54, 1.807) is 24.3 Å². The van der Waals surface area contributed by atoms with E-state index < -0.39 is 17.4 Å². The second kappa shape index (κ2) is 5.42. The molecule has 0 saturated carbocycles. The van der Waals surface area contributed by atoms with E-state index in [-0.39, 0.29) is 18.3 Å². The van der Waals surface area contributed by atoms with Gasteiger partial charge >= 0.3 is 5.97 Å². The van der Waals surface area contributed by atoms with Crippen molar-refractivity contribution in [2.75, 3.05) is 11.7 Å².